The molecule has 1 saturated carbocycles. The van der Waals surface area contributed by atoms with E-state index in [0.717, 1.165) is 24.3 Å². The number of hydrogen-bond acceptors (Lipinski definition) is 2. The van der Waals surface area contributed by atoms with Crippen LogP contribution in [0.5, 0.6) is 0 Å². The van der Waals surface area contributed by atoms with Crippen LogP contribution in [0.4, 0.5) is 0 Å². The molecule has 1 aliphatic carbocycles. The molecule has 0 aliphatic heterocycles. The SMILES string of the molecule is Cc1sccc1C(=O)C1CCCC(C)C1. The molecule has 1 aromatic heterocycles. The van der Waals surface area contributed by atoms with Crippen LogP contribution >= 0.6 is 11.3 Å². The summed E-state index contributed by atoms with van der Waals surface area (Å²) in [5.41, 5.74) is 0.971. The lowest BCUT2D eigenvalue weighted by Crippen LogP contribution is -2.21. The topological polar surface area (TPSA) is 17.1 Å². The third-order valence-electron chi connectivity index (χ3n) is 3.43. The zero-order valence-electron chi connectivity index (χ0n) is 9.45. The fourth-order valence-corrected chi connectivity index (χ4v) is 3.24. The smallest absolute Gasteiger partial charge is 0.167 e. The second-order valence-corrected chi connectivity index (χ2v) is 5.84. The van der Waals surface area contributed by atoms with Gasteiger partial charge in [0.15, 0.2) is 5.78 Å². The first-order valence-corrected chi connectivity index (χ1v) is 6.64. The van der Waals surface area contributed by atoms with Gasteiger partial charge in [-0.2, -0.15) is 0 Å². The van der Waals surface area contributed by atoms with E-state index in [0.29, 0.717) is 11.7 Å². The first kappa shape index (κ1) is 10.9. The average molecular weight is 222 g/mol. The van der Waals surface area contributed by atoms with E-state index in [1.165, 1.54) is 17.7 Å². The van der Waals surface area contributed by atoms with E-state index < -0.39 is 0 Å². The summed E-state index contributed by atoms with van der Waals surface area (Å²) in [4.78, 5) is 13.4. The Balaban J connectivity index is 2.11. The van der Waals surface area contributed by atoms with E-state index in [4.69, 9.17) is 0 Å². The molecule has 1 fully saturated rings. The molecule has 0 aromatic carbocycles. The third kappa shape index (κ3) is 2.31. The van der Waals surface area contributed by atoms with E-state index in [9.17, 15) is 4.79 Å². The monoisotopic (exact) mass is 222 g/mol. The van der Waals surface area contributed by atoms with Crippen LogP contribution < -0.4 is 0 Å². The number of Topliss-reactive ketones (excluding diaryl/α,β-unsaturated/α-hetero) is 1. The Labute approximate surface area is 95.5 Å². The summed E-state index contributed by atoms with van der Waals surface area (Å²) >= 11 is 1.68. The molecule has 0 amide bonds. The molecule has 2 rings (SSSR count). The average Bonchev–Trinajstić information content (AvgIpc) is 2.63. The highest BCUT2D eigenvalue weighted by Gasteiger charge is 2.26. The van der Waals surface area contributed by atoms with E-state index >= 15 is 0 Å². The molecule has 2 heteroatoms. The number of rotatable bonds is 2. The lowest BCUT2D eigenvalue weighted by atomic mass is 9.79. The molecule has 82 valence electrons. The van der Waals surface area contributed by atoms with Crippen molar-refractivity contribution in [2.75, 3.05) is 0 Å². The van der Waals surface area contributed by atoms with Gasteiger partial charge in [-0.25, -0.2) is 0 Å². The normalized spacial score (nSPS) is 26.5. The lowest BCUT2D eigenvalue weighted by Gasteiger charge is -2.25. The molecule has 0 N–H and O–H groups in total. The number of carbonyl (C=O) groups is 1. The van der Waals surface area contributed by atoms with Gasteiger partial charge in [0.1, 0.15) is 0 Å². The quantitative estimate of drug-likeness (QED) is 0.689. The highest BCUT2D eigenvalue weighted by molar-refractivity contribution is 7.10. The van der Waals surface area contributed by atoms with Gasteiger partial charge < -0.3 is 0 Å². The van der Waals surface area contributed by atoms with Crippen molar-refractivity contribution in [3.8, 4) is 0 Å². The number of ketones is 1. The summed E-state index contributed by atoms with van der Waals surface area (Å²) in [5.74, 6) is 1.41. The third-order valence-corrected chi connectivity index (χ3v) is 4.28. The van der Waals surface area contributed by atoms with Gasteiger partial charge in [-0.1, -0.05) is 19.8 Å². The van der Waals surface area contributed by atoms with Gasteiger partial charge in [-0.15, -0.1) is 11.3 Å². The van der Waals surface area contributed by atoms with Crippen LogP contribution in [0.1, 0.15) is 47.8 Å². The first-order chi connectivity index (χ1) is 7.18. The minimum atomic E-state index is 0.294. The number of thiophene rings is 1. The van der Waals surface area contributed by atoms with Crippen molar-refractivity contribution in [1.82, 2.24) is 0 Å². The van der Waals surface area contributed by atoms with Crippen molar-refractivity contribution in [2.24, 2.45) is 11.8 Å². The van der Waals surface area contributed by atoms with Gasteiger partial charge in [-0.05, 0) is 37.1 Å². The second-order valence-electron chi connectivity index (χ2n) is 4.72. The zero-order chi connectivity index (χ0) is 10.8. The van der Waals surface area contributed by atoms with Crippen molar-refractivity contribution in [2.45, 2.75) is 39.5 Å². The van der Waals surface area contributed by atoms with Gasteiger partial charge in [0, 0.05) is 16.4 Å². The van der Waals surface area contributed by atoms with Gasteiger partial charge >= 0.3 is 0 Å². The van der Waals surface area contributed by atoms with E-state index in [-0.39, 0.29) is 0 Å². The Morgan fingerprint density at radius 1 is 1.47 bits per heavy atom. The number of aryl methyl sites for hydroxylation is 1. The maximum Gasteiger partial charge on any atom is 0.167 e. The van der Waals surface area contributed by atoms with Crippen LogP contribution in [-0.2, 0) is 0 Å². The zero-order valence-corrected chi connectivity index (χ0v) is 10.3. The molecule has 2 atom stereocenters. The molecule has 1 heterocycles. The fraction of sp³-hybridized carbons (Fsp3) is 0.615. The van der Waals surface area contributed by atoms with Crippen LogP contribution in [0.3, 0.4) is 0 Å². The molecule has 1 aromatic rings. The molecule has 1 aliphatic rings. The Morgan fingerprint density at radius 3 is 2.87 bits per heavy atom. The molecule has 0 bridgehead atoms. The van der Waals surface area contributed by atoms with Gasteiger partial charge in [0.2, 0.25) is 0 Å². The van der Waals surface area contributed by atoms with Gasteiger partial charge in [0.05, 0.1) is 0 Å². The number of carbonyl (C=O) groups excluding carboxylic acids is 1. The van der Waals surface area contributed by atoms with Crippen LogP contribution in [0.25, 0.3) is 0 Å². The largest absolute Gasteiger partial charge is 0.294 e. The van der Waals surface area contributed by atoms with Crippen LogP contribution in [0.15, 0.2) is 11.4 Å². The Hall–Kier alpha value is -0.630. The Kier molecular flexibility index (Phi) is 3.25. The highest BCUT2D eigenvalue weighted by atomic mass is 32.1. The van der Waals surface area contributed by atoms with Crippen molar-refractivity contribution in [1.29, 1.82) is 0 Å². The summed E-state index contributed by atoms with van der Waals surface area (Å²) < 4.78 is 0. The molecular formula is C13H18OS. The molecular weight excluding hydrogens is 204 g/mol. The summed E-state index contributed by atoms with van der Waals surface area (Å²) in [6, 6.07) is 1.99. The molecule has 1 nitrogen and oxygen atoms in total. The van der Waals surface area contributed by atoms with Gasteiger partial charge in [-0.3, -0.25) is 4.79 Å². The maximum atomic E-state index is 12.2. The van der Waals surface area contributed by atoms with E-state index in [1.54, 1.807) is 11.3 Å². The minimum Gasteiger partial charge on any atom is -0.294 e. The number of hydrogen-bond donors (Lipinski definition) is 0. The predicted molar refractivity (Wildman–Crippen MR) is 64.5 cm³/mol. The van der Waals surface area contributed by atoms with Crippen LogP contribution in [-0.4, -0.2) is 5.78 Å². The summed E-state index contributed by atoms with van der Waals surface area (Å²) in [6.45, 7) is 4.31. The summed E-state index contributed by atoms with van der Waals surface area (Å²) in [7, 11) is 0. The van der Waals surface area contributed by atoms with E-state index in [1.807, 2.05) is 18.4 Å². The molecule has 2 unspecified atom stereocenters. The van der Waals surface area contributed by atoms with Crippen molar-refractivity contribution >= 4 is 17.1 Å². The molecule has 0 saturated heterocycles. The minimum absolute atomic E-state index is 0.294. The maximum absolute atomic E-state index is 12.2. The Bertz CT molecular complexity index is 353. The standard InChI is InChI=1S/C13H18OS/c1-9-4-3-5-11(8-9)13(14)12-6-7-15-10(12)2/h6-7,9,11H,3-5,8H2,1-2H3. The molecule has 15 heavy (non-hydrogen) atoms. The molecule has 0 spiro atoms. The van der Waals surface area contributed by atoms with Crippen molar-refractivity contribution < 1.29 is 4.79 Å². The summed E-state index contributed by atoms with van der Waals surface area (Å²) in [6.07, 6.45) is 4.71. The predicted octanol–water partition coefficient (Wildman–Crippen LogP) is 4.07. The Morgan fingerprint density at radius 2 is 2.27 bits per heavy atom. The second kappa shape index (κ2) is 4.48. The fourth-order valence-electron chi connectivity index (χ4n) is 2.53. The molecule has 0 radical (unpaired) electrons. The van der Waals surface area contributed by atoms with Crippen molar-refractivity contribution in [3.63, 3.8) is 0 Å². The summed E-state index contributed by atoms with van der Waals surface area (Å²) in [5, 5.41) is 2.02. The van der Waals surface area contributed by atoms with Crippen LogP contribution in [0.2, 0.25) is 0 Å². The van der Waals surface area contributed by atoms with Gasteiger partial charge in [0.25, 0.3) is 0 Å². The first-order valence-electron chi connectivity index (χ1n) is 5.76. The van der Waals surface area contributed by atoms with Crippen LogP contribution in [0, 0.1) is 18.8 Å². The van der Waals surface area contributed by atoms with E-state index in [2.05, 4.69) is 6.92 Å². The lowest BCUT2D eigenvalue weighted by molar-refractivity contribution is 0.0868. The highest BCUT2D eigenvalue weighted by Crippen LogP contribution is 2.32. The van der Waals surface area contributed by atoms with Crippen molar-refractivity contribution in [3.05, 3.63) is 21.9 Å².